The second-order valence-electron chi connectivity index (χ2n) is 30.8. The van der Waals surface area contributed by atoms with E-state index >= 15 is 0 Å². The van der Waals surface area contributed by atoms with Crippen molar-refractivity contribution in [3.63, 3.8) is 0 Å². The normalized spacial score (nSPS) is 14.5. The van der Waals surface area contributed by atoms with Crippen LogP contribution in [-0.2, 0) is 16.2 Å². The van der Waals surface area contributed by atoms with E-state index in [-0.39, 0.29) is 16.2 Å². The van der Waals surface area contributed by atoms with Crippen molar-refractivity contribution < 1.29 is 0 Å². The molecule has 0 radical (unpaired) electrons. The highest BCUT2D eigenvalue weighted by Gasteiger charge is 2.55. The fourth-order valence-corrected chi connectivity index (χ4v) is 22.9. The Morgan fingerprint density at radius 3 is 1.20 bits per heavy atom. The average molecular weight is 1250 g/mol. The molecule has 0 unspecified atom stereocenters. The predicted molar refractivity (Wildman–Crippen MR) is 409 cm³/mol. The average Bonchev–Trinajstić information content (AvgIpc) is 1.48. The summed E-state index contributed by atoms with van der Waals surface area (Å²) >= 11 is 0. The largest absolute Gasteiger partial charge is 0.329 e. The zero-order valence-corrected chi connectivity index (χ0v) is 57.5. The molecule has 12 aromatic carbocycles. The first-order valence-corrected chi connectivity index (χ1v) is 36.1. The van der Waals surface area contributed by atoms with Crippen molar-refractivity contribution in [2.45, 2.75) is 97.9 Å². The van der Waals surface area contributed by atoms with Crippen molar-refractivity contribution in [1.82, 2.24) is 13.7 Å². The molecule has 0 atom stereocenters. The summed E-state index contributed by atoms with van der Waals surface area (Å²) in [5.41, 5.74) is 22.4. The molecule has 6 heteroatoms. The van der Waals surface area contributed by atoms with Crippen LogP contribution in [-0.4, -0.2) is 27.3 Å². The number of hydrogen-bond donors (Lipinski definition) is 0. The van der Waals surface area contributed by atoms with E-state index in [2.05, 4.69) is 356 Å². The number of nitriles is 1. The Balaban J connectivity index is 1.17. The van der Waals surface area contributed by atoms with E-state index in [9.17, 15) is 5.26 Å². The third kappa shape index (κ3) is 7.89. The molecule has 6 heterocycles. The van der Waals surface area contributed by atoms with Gasteiger partial charge in [0.05, 0.1) is 61.4 Å². The Morgan fingerprint density at radius 1 is 0.344 bits per heavy atom. The molecule has 96 heavy (non-hydrogen) atoms. The third-order valence-electron chi connectivity index (χ3n) is 21.7. The lowest BCUT2D eigenvalue weighted by Gasteiger charge is -2.45. The van der Waals surface area contributed by atoms with Gasteiger partial charge in [0.15, 0.2) is 8.07 Å². The second-order valence-corrected chi connectivity index (χ2v) is 34.4. The quantitative estimate of drug-likeness (QED) is 0.161. The maximum absolute atomic E-state index is 13.6. The van der Waals surface area contributed by atoms with Gasteiger partial charge in [0.25, 0.3) is 0 Å². The predicted octanol–water partition coefficient (Wildman–Crippen LogP) is 20.7. The SMILES string of the molecule is CC(C)(C)c1ccc2c(c1)c1ccccc1n2-c1c(C#N)c(-n2c3ccccc3c3cc(C(C)(C)C)ccc32)c(-n2c3ccccc3c3cc(C(C)(C)C)ccc32)c(-c2cccc3c2-c2ccccc2[Si]32c3ccccc3-c3ccccc32)c1N1c2ccccc2C=CC1(C)C. The summed E-state index contributed by atoms with van der Waals surface area (Å²) in [5, 5.41) is 26.0. The molecule has 0 saturated carbocycles. The standard InChI is InChI=1S/C90H75N5Si/c1-87(2,3)56-43-46-74-66(51-56)59-28-13-20-36-71(59)92(74)83-69(54-91)84(93-72-37-21-14-29-60(72)67-52-57(88(4,5)6)44-47-75(67)93)86(95-70-35-19-12-27-55(70)49-50-90(95,10)11)82(85(83)94-73-38-22-15-30-61(73)68-53-58(89(7,8)9)45-48-76(68)94)65-34-26-42-80-81(65)64-33-18-25-41-79(64)96(80)77-39-23-16-31-62(77)63-32-17-24-40-78(63)96/h12-53H,1-11H3. The van der Waals surface area contributed by atoms with Crippen molar-refractivity contribution in [2.75, 3.05) is 4.90 Å². The number of rotatable bonds is 5. The van der Waals surface area contributed by atoms with E-state index in [0.717, 1.165) is 111 Å². The molecule has 0 aliphatic carbocycles. The monoisotopic (exact) mass is 1250 g/mol. The van der Waals surface area contributed by atoms with Gasteiger partial charge >= 0.3 is 0 Å². The Bertz CT molecular complexity index is 5920. The molecule has 3 aliphatic rings. The summed E-state index contributed by atoms with van der Waals surface area (Å²) in [4.78, 5) is 2.63. The Labute approximate surface area is 563 Å². The second kappa shape index (κ2) is 20.2. The number of hydrogen-bond acceptors (Lipinski definition) is 2. The van der Waals surface area contributed by atoms with E-state index in [0.29, 0.717) is 5.56 Å². The maximum Gasteiger partial charge on any atom is 0.182 e. The van der Waals surface area contributed by atoms with Gasteiger partial charge in [-0.3, -0.25) is 0 Å². The van der Waals surface area contributed by atoms with E-state index in [4.69, 9.17) is 0 Å². The van der Waals surface area contributed by atoms with Crippen LogP contribution in [0.3, 0.4) is 0 Å². The Morgan fingerprint density at radius 2 is 0.719 bits per heavy atom. The maximum atomic E-state index is 13.6. The summed E-state index contributed by atoms with van der Waals surface area (Å²) in [5.74, 6) is 0. The van der Waals surface area contributed by atoms with Crippen molar-refractivity contribution >= 4 is 112 Å². The fraction of sp³-hybridized carbons (Fsp3) is 0.167. The van der Waals surface area contributed by atoms with E-state index in [1.165, 1.54) is 59.7 Å². The van der Waals surface area contributed by atoms with Crippen LogP contribution >= 0.6 is 0 Å². The summed E-state index contributed by atoms with van der Waals surface area (Å²) < 4.78 is 7.60. The van der Waals surface area contributed by atoms with Crippen LogP contribution in [0.1, 0.15) is 104 Å². The lowest BCUT2D eigenvalue weighted by molar-refractivity contribution is 0.591. The molecule has 464 valence electrons. The highest BCUT2D eigenvalue weighted by Crippen LogP contribution is 2.58. The summed E-state index contributed by atoms with van der Waals surface area (Å²) in [7, 11) is -3.09. The highest BCUT2D eigenvalue weighted by atomic mass is 28.3. The fourth-order valence-electron chi connectivity index (χ4n) is 17.2. The van der Waals surface area contributed by atoms with Gasteiger partial charge < -0.3 is 18.6 Å². The van der Waals surface area contributed by atoms with Gasteiger partial charge in [0, 0.05) is 43.6 Å². The number of nitrogens with zero attached hydrogens (tertiary/aromatic N) is 5. The molecule has 0 saturated heterocycles. The number of fused-ring (bicyclic) bond motifs is 20. The molecule has 0 bridgehead atoms. The minimum atomic E-state index is -3.09. The molecule has 0 fully saturated rings. The van der Waals surface area contributed by atoms with Crippen LogP contribution in [0, 0.1) is 11.3 Å². The summed E-state index contributed by atoms with van der Waals surface area (Å²) in [6.45, 7) is 25.5. The number of benzene rings is 12. The Hall–Kier alpha value is -10.7. The van der Waals surface area contributed by atoms with Gasteiger partial charge in [-0.25, -0.2) is 0 Å². The molecule has 3 aromatic heterocycles. The molecular weight excluding hydrogens is 1180 g/mol. The molecule has 0 N–H and O–H groups in total. The number of aromatic nitrogens is 3. The van der Waals surface area contributed by atoms with Crippen molar-refractivity contribution in [3.05, 3.63) is 277 Å². The van der Waals surface area contributed by atoms with E-state index in [1.54, 1.807) is 0 Å². The minimum Gasteiger partial charge on any atom is -0.329 e. The van der Waals surface area contributed by atoms with Crippen molar-refractivity contribution in [3.8, 4) is 56.5 Å². The smallest absolute Gasteiger partial charge is 0.182 e. The summed E-state index contributed by atoms with van der Waals surface area (Å²) in [6.07, 6.45) is 4.70. The van der Waals surface area contributed by atoms with Crippen LogP contribution in [0.25, 0.3) is 122 Å². The third-order valence-corrected chi connectivity index (χ3v) is 26.7. The molecule has 18 rings (SSSR count). The number of anilines is 2. The molecular formula is C90H75N5Si. The van der Waals surface area contributed by atoms with Gasteiger partial charge in [-0.1, -0.05) is 256 Å². The van der Waals surface area contributed by atoms with E-state index < -0.39 is 13.6 Å². The van der Waals surface area contributed by atoms with Gasteiger partial charge in [-0.15, -0.1) is 0 Å². The lowest BCUT2D eigenvalue weighted by Crippen LogP contribution is -2.70. The Kier molecular flexibility index (Phi) is 12.2. The molecule has 3 aliphatic heterocycles. The topological polar surface area (TPSA) is 41.8 Å². The zero-order chi connectivity index (χ0) is 65.7. The van der Waals surface area contributed by atoms with Crippen molar-refractivity contribution in [1.29, 1.82) is 5.26 Å². The zero-order valence-electron chi connectivity index (χ0n) is 56.5. The van der Waals surface area contributed by atoms with Gasteiger partial charge in [0.1, 0.15) is 11.6 Å². The molecule has 5 nitrogen and oxygen atoms in total. The van der Waals surface area contributed by atoms with Gasteiger partial charge in [-0.05, 0) is 162 Å². The van der Waals surface area contributed by atoms with Gasteiger partial charge in [-0.2, -0.15) is 5.26 Å². The van der Waals surface area contributed by atoms with E-state index in [1.807, 2.05) is 0 Å². The lowest BCUT2D eigenvalue weighted by atomic mass is 9.85. The van der Waals surface area contributed by atoms with Gasteiger partial charge in [0.2, 0.25) is 0 Å². The van der Waals surface area contributed by atoms with Crippen LogP contribution in [0.15, 0.2) is 249 Å². The first kappa shape index (κ1) is 57.9. The molecule has 0 amide bonds. The molecule has 1 spiro atoms. The minimum absolute atomic E-state index is 0.138. The first-order valence-electron chi connectivity index (χ1n) is 34.1. The highest BCUT2D eigenvalue weighted by molar-refractivity contribution is 7.24. The number of para-hydroxylation sites is 4. The van der Waals surface area contributed by atoms with Crippen LogP contribution in [0.2, 0.25) is 0 Å². The molecule has 15 aromatic rings. The van der Waals surface area contributed by atoms with Crippen LogP contribution < -0.4 is 25.6 Å². The van der Waals surface area contributed by atoms with Crippen molar-refractivity contribution in [2.24, 2.45) is 0 Å². The first-order chi connectivity index (χ1) is 46.3. The van der Waals surface area contributed by atoms with Crippen LogP contribution in [0.5, 0.6) is 0 Å². The van der Waals surface area contributed by atoms with Crippen LogP contribution in [0.4, 0.5) is 11.4 Å². The summed E-state index contributed by atoms with van der Waals surface area (Å²) in [6, 6.07) is 95.8.